The van der Waals surface area contributed by atoms with Crippen LogP contribution in [-0.4, -0.2) is 26.2 Å². The molecule has 0 bridgehead atoms. The van der Waals surface area contributed by atoms with E-state index in [-0.39, 0.29) is 5.76 Å². The van der Waals surface area contributed by atoms with Crippen molar-refractivity contribution in [3.8, 4) is 0 Å². The number of carbonyl (C=O) groups excluding carboxylic acids is 1. The van der Waals surface area contributed by atoms with Crippen LogP contribution in [0.4, 0.5) is 0 Å². The maximum atomic E-state index is 11.3. The van der Waals surface area contributed by atoms with Crippen LogP contribution in [-0.2, 0) is 16.3 Å². The van der Waals surface area contributed by atoms with E-state index >= 15 is 0 Å². The summed E-state index contributed by atoms with van der Waals surface area (Å²) in [5.41, 5.74) is 0. The van der Waals surface area contributed by atoms with Crippen molar-refractivity contribution in [1.29, 1.82) is 0 Å². The van der Waals surface area contributed by atoms with Crippen LogP contribution in [0.5, 0.6) is 0 Å². The molecule has 78 valence electrons. The Bertz CT molecular complexity index is 427. The van der Waals surface area contributed by atoms with Gasteiger partial charge >= 0.3 is 0 Å². The predicted octanol–water partition coefficient (Wildman–Crippen LogP) is 1.07. The molecule has 0 saturated heterocycles. The Balaban J connectivity index is 2.80. The Morgan fingerprint density at radius 3 is 2.50 bits per heavy atom. The summed E-state index contributed by atoms with van der Waals surface area (Å²) in [7, 11) is -3.28. The van der Waals surface area contributed by atoms with Crippen LogP contribution in [0.3, 0.4) is 0 Å². The molecule has 0 radical (unpaired) electrons. The monoisotopic (exact) mass is 216 g/mol. The van der Waals surface area contributed by atoms with E-state index in [0.717, 1.165) is 6.26 Å². The third-order valence-corrected chi connectivity index (χ3v) is 2.46. The molecule has 0 aromatic carbocycles. The Morgan fingerprint density at radius 2 is 2.07 bits per heavy atom. The van der Waals surface area contributed by atoms with Gasteiger partial charge in [-0.05, 0) is 12.1 Å². The van der Waals surface area contributed by atoms with Crippen molar-refractivity contribution in [2.75, 3.05) is 12.0 Å². The lowest BCUT2D eigenvalue weighted by Gasteiger charge is -1.94. The molecule has 0 aliphatic rings. The van der Waals surface area contributed by atoms with E-state index < -0.39 is 21.4 Å². The van der Waals surface area contributed by atoms with E-state index in [2.05, 4.69) is 0 Å². The van der Waals surface area contributed by atoms with Gasteiger partial charge in [0.25, 0.3) is 0 Å². The Labute approximate surface area is 82.8 Å². The van der Waals surface area contributed by atoms with E-state index in [9.17, 15) is 13.2 Å². The highest BCUT2D eigenvalue weighted by molar-refractivity contribution is 7.91. The number of hydrogen-bond donors (Lipinski definition) is 0. The Hall–Kier alpha value is -1.10. The molecule has 0 saturated carbocycles. The Kier molecular flexibility index (Phi) is 3.10. The fraction of sp³-hybridized carbons (Fsp3) is 0.444. The van der Waals surface area contributed by atoms with Gasteiger partial charge in [-0.2, -0.15) is 0 Å². The second-order valence-corrected chi connectivity index (χ2v) is 5.25. The van der Waals surface area contributed by atoms with E-state index in [1.165, 1.54) is 6.07 Å². The number of hydrogen-bond acceptors (Lipinski definition) is 4. The highest BCUT2D eigenvalue weighted by atomic mass is 32.2. The number of rotatable bonds is 4. The maximum absolute atomic E-state index is 11.3. The molecule has 5 heteroatoms. The largest absolute Gasteiger partial charge is 0.458 e. The molecule has 1 aromatic rings. The quantitative estimate of drug-likeness (QED) is 0.706. The highest BCUT2D eigenvalue weighted by Gasteiger charge is 2.16. The number of ketones is 1. The summed E-state index contributed by atoms with van der Waals surface area (Å²) in [6.07, 6.45) is 1.71. The van der Waals surface area contributed by atoms with E-state index in [4.69, 9.17) is 4.42 Å². The zero-order chi connectivity index (χ0) is 10.8. The van der Waals surface area contributed by atoms with Crippen molar-refractivity contribution in [3.63, 3.8) is 0 Å². The van der Waals surface area contributed by atoms with Crippen molar-refractivity contribution in [2.24, 2.45) is 0 Å². The molecule has 0 spiro atoms. The minimum atomic E-state index is -3.28. The fourth-order valence-electron chi connectivity index (χ4n) is 1.03. The summed E-state index contributed by atoms with van der Waals surface area (Å²) in [5, 5.41) is 0. The van der Waals surface area contributed by atoms with E-state index in [0.29, 0.717) is 12.2 Å². The molecule has 14 heavy (non-hydrogen) atoms. The van der Waals surface area contributed by atoms with E-state index in [1.54, 1.807) is 6.07 Å². The summed E-state index contributed by atoms with van der Waals surface area (Å²) in [6.45, 7) is 1.89. The van der Waals surface area contributed by atoms with Gasteiger partial charge in [0.15, 0.2) is 15.6 Å². The van der Waals surface area contributed by atoms with Gasteiger partial charge in [0.05, 0.1) is 0 Å². The summed E-state index contributed by atoms with van der Waals surface area (Å²) < 4.78 is 26.8. The zero-order valence-electron chi connectivity index (χ0n) is 8.11. The molecule has 0 aliphatic heterocycles. The second kappa shape index (κ2) is 3.96. The number of carbonyl (C=O) groups is 1. The molecule has 0 fully saturated rings. The van der Waals surface area contributed by atoms with Crippen molar-refractivity contribution in [2.45, 2.75) is 13.3 Å². The summed E-state index contributed by atoms with van der Waals surface area (Å²) in [5.74, 6) is -0.190. The Morgan fingerprint density at radius 1 is 1.43 bits per heavy atom. The van der Waals surface area contributed by atoms with Gasteiger partial charge in [0, 0.05) is 12.7 Å². The summed E-state index contributed by atoms with van der Waals surface area (Å²) >= 11 is 0. The van der Waals surface area contributed by atoms with Crippen LogP contribution >= 0.6 is 0 Å². The first kappa shape index (κ1) is 11.0. The predicted molar refractivity (Wildman–Crippen MR) is 52.1 cm³/mol. The van der Waals surface area contributed by atoms with Crippen LogP contribution in [0.25, 0.3) is 0 Å². The molecule has 1 rings (SSSR count). The minimum absolute atomic E-state index is 0.118. The summed E-state index contributed by atoms with van der Waals surface area (Å²) in [6, 6.07) is 3.18. The molecule has 0 atom stereocenters. The first-order valence-electron chi connectivity index (χ1n) is 4.22. The maximum Gasteiger partial charge on any atom is 0.212 e. The normalized spacial score (nSPS) is 11.6. The number of sulfone groups is 1. The van der Waals surface area contributed by atoms with E-state index in [1.807, 2.05) is 6.92 Å². The van der Waals surface area contributed by atoms with Crippen LogP contribution in [0.2, 0.25) is 0 Å². The SMILES string of the molecule is CCc1ccc(C(=O)CS(C)(=O)=O)o1. The van der Waals surface area contributed by atoms with Crippen molar-refractivity contribution in [3.05, 3.63) is 23.7 Å². The lowest BCUT2D eigenvalue weighted by molar-refractivity contribution is 0.0989. The van der Waals surface area contributed by atoms with Gasteiger partial charge in [-0.3, -0.25) is 4.79 Å². The average Bonchev–Trinajstić information content (AvgIpc) is 2.48. The lowest BCUT2D eigenvalue weighted by Crippen LogP contribution is -2.13. The van der Waals surface area contributed by atoms with Crippen molar-refractivity contribution < 1.29 is 17.6 Å². The van der Waals surface area contributed by atoms with Gasteiger partial charge in [-0.25, -0.2) is 8.42 Å². The van der Waals surface area contributed by atoms with Gasteiger partial charge in [-0.15, -0.1) is 0 Å². The molecule has 0 amide bonds. The molecule has 1 aromatic heterocycles. The molecule has 1 heterocycles. The highest BCUT2D eigenvalue weighted by Crippen LogP contribution is 2.09. The molecule has 0 N–H and O–H groups in total. The van der Waals surface area contributed by atoms with Crippen LogP contribution in [0.15, 0.2) is 16.5 Å². The number of aryl methyl sites for hydroxylation is 1. The fourth-order valence-corrected chi connectivity index (χ4v) is 1.65. The molecular formula is C9H12O4S. The standard InChI is InChI=1S/C9H12O4S/c1-3-7-4-5-9(13-7)8(10)6-14(2,11)12/h4-5H,3,6H2,1-2H3. The number of furan rings is 1. The van der Waals surface area contributed by atoms with Gasteiger partial charge in [0.1, 0.15) is 11.5 Å². The first-order chi connectivity index (χ1) is 6.42. The van der Waals surface area contributed by atoms with Gasteiger partial charge < -0.3 is 4.42 Å². The average molecular weight is 216 g/mol. The molecule has 4 nitrogen and oxygen atoms in total. The third-order valence-electron chi connectivity index (χ3n) is 1.68. The van der Waals surface area contributed by atoms with Gasteiger partial charge in [-0.1, -0.05) is 6.92 Å². The topological polar surface area (TPSA) is 64.3 Å². The van der Waals surface area contributed by atoms with Crippen molar-refractivity contribution in [1.82, 2.24) is 0 Å². The third kappa shape index (κ3) is 2.99. The summed E-state index contributed by atoms with van der Waals surface area (Å²) in [4.78, 5) is 11.3. The number of Topliss-reactive ketones (excluding diaryl/α,β-unsaturated/α-hetero) is 1. The molecular weight excluding hydrogens is 204 g/mol. The molecule has 0 unspecified atom stereocenters. The zero-order valence-corrected chi connectivity index (χ0v) is 8.93. The van der Waals surface area contributed by atoms with Crippen LogP contribution in [0.1, 0.15) is 23.2 Å². The van der Waals surface area contributed by atoms with Crippen LogP contribution < -0.4 is 0 Å². The first-order valence-corrected chi connectivity index (χ1v) is 6.28. The van der Waals surface area contributed by atoms with Gasteiger partial charge in [0.2, 0.25) is 5.78 Å². The van der Waals surface area contributed by atoms with Crippen molar-refractivity contribution >= 4 is 15.6 Å². The van der Waals surface area contributed by atoms with Crippen LogP contribution in [0, 0.1) is 0 Å². The minimum Gasteiger partial charge on any atom is -0.458 e. The molecule has 0 aliphatic carbocycles. The lowest BCUT2D eigenvalue weighted by atomic mass is 10.3. The smallest absolute Gasteiger partial charge is 0.212 e. The second-order valence-electron chi connectivity index (χ2n) is 3.11.